The second kappa shape index (κ2) is 7.12. The van der Waals surface area contributed by atoms with Gasteiger partial charge < -0.3 is 5.32 Å². The topological polar surface area (TPSA) is 62.3 Å². The van der Waals surface area contributed by atoms with E-state index in [1.165, 1.54) is 4.31 Å². The Balaban J connectivity index is 3.12. The first-order valence-corrected chi connectivity index (χ1v) is 8.94. The van der Waals surface area contributed by atoms with Gasteiger partial charge in [0.1, 0.15) is 10.7 Å². The molecule has 0 amide bonds. The number of hydrogen-bond acceptors (Lipinski definition) is 5. The molecule has 0 fully saturated rings. The molecule has 19 heavy (non-hydrogen) atoms. The maximum Gasteiger partial charge on any atom is 0.246 e. The normalized spacial score (nSPS) is 13.5. The molecule has 1 rings (SSSR count). The van der Waals surface area contributed by atoms with Gasteiger partial charge >= 0.3 is 0 Å². The van der Waals surface area contributed by atoms with Gasteiger partial charge in [-0.2, -0.15) is 16.1 Å². The van der Waals surface area contributed by atoms with E-state index in [0.717, 1.165) is 5.75 Å². The van der Waals surface area contributed by atoms with Gasteiger partial charge in [-0.1, -0.05) is 0 Å². The average Bonchev–Trinajstić information content (AvgIpc) is 2.39. The van der Waals surface area contributed by atoms with E-state index in [1.807, 2.05) is 20.1 Å². The highest BCUT2D eigenvalue weighted by atomic mass is 32.2. The summed E-state index contributed by atoms with van der Waals surface area (Å²) in [5.41, 5.74) is 0. The quantitative estimate of drug-likeness (QED) is 0.833. The van der Waals surface area contributed by atoms with Crippen LogP contribution in [-0.2, 0) is 10.0 Å². The third-order valence-corrected chi connectivity index (χ3v) is 5.62. The smallest absolute Gasteiger partial charge is 0.246 e. The van der Waals surface area contributed by atoms with Gasteiger partial charge in [0.15, 0.2) is 0 Å². The van der Waals surface area contributed by atoms with E-state index < -0.39 is 10.0 Å². The number of pyridine rings is 1. The van der Waals surface area contributed by atoms with Gasteiger partial charge in [-0.05, 0) is 32.2 Å². The third-order valence-electron chi connectivity index (χ3n) is 2.80. The van der Waals surface area contributed by atoms with Crippen LogP contribution < -0.4 is 5.32 Å². The highest BCUT2D eigenvalue weighted by Crippen LogP contribution is 2.23. The molecule has 0 radical (unpaired) electrons. The average molecular weight is 303 g/mol. The van der Waals surface area contributed by atoms with E-state index >= 15 is 0 Å². The van der Waals surface area contributed by atoms with Crippen LogP contribution in [0.4, 0.5) is 5.82 Å². The van der Waals surface area contributed by atoms with Crippen LogP contribution in [0.2, 0.25) is 0 Å². The minimum atomic E-state index is -3.52. The van der Waals surface area contributed by atoms with Gasteiger partial charge in [-0.25, -0.2) is 13.4 Å². The van der Waals surface area contributed by atoms with Crippen molar-refractivity contribution in [2.24, 2.45) is 0 Å². The summed E-state index contributed by atoms with van der Waals surface area (Å²) >= 11 is 1.63. The summed E-state index contributed by atoms with van der Waals surface area (Å²) in [4.78, 5) is 4.33. The number of thioether (sulfide) groups is 1. The molecule has 0 aliphatic rings. The summed E-state index contributed by atoms with van der Waals surface area (Å²) in [6, 6.07) is 3.17. The van der Waals surface area contributed by atoms with Crippen LogP contribution in [0, 0.1) is 0 Å². The van der Waals surface area contributed by atoms with Crippen molar-refractivity contribution in [3.05, 3.63) is 18.3 Å². The first-order valence-electron chi connectivity index (χ1n) is 6.11. The predicted molar refractivity (Wildman–Crippen MR) is 81.2 cm³/mol. The Kier molecular flexibility index (Phi) is 6.09. The Hall–Kier alpha value is -0.790. The SMILES string of the molecule is CCNc1ncccc1S(=O)(=O)N(C)C(C)CSC. The lowest BCUT2D eigenvalue weighted by Crippen LogP contribution is -2.37. The van der Waals surface area contributed by atoms with Crippen molar-refractivity contribution in [2.75, 3.05) is 30.9 Å². The molecule has 108 valence electrons. The molecule has 1 aromatic heterocycles. The van der Waals surface area contributed by atoms with Crippen LogP contribution >= 0.6 is 11.8 Å². The molecule has 0 saturated heterocycles. The van der Waals surface area contributed by atoms with Gasteiger partial charge in [-0.3, -0.25) is 0 Å². The van der Waals surface area contributed by atoms with Crippen molar-refractivity contribution in [1.29, 1.82) is 0 Å². The van der Waals surface area contributed by atoms with Crippen molar-refractivity contribution in [3.8, 4) is 0 Å². The highest BCUT2D eigenvalue weighted by Gasteiger charge is 2.27. The molecule has 5 nitrogen and oxygen atoms in total. The van der Waals surface area contributed by atoms with Crippen LogP contribution in [0.3, 0.4) is 0 Å². The van der Waals surface area contributed by atoms with Gasteiger partial charge in [0, 0.05) is 31.6 Å². The maximum atomic E-state index is 12.6. The summed E-state index contributed by atoms with van der Waals surface area (Å²) in [6.45, 7) is 4.44. The summed E-state index contributed by atoms with van der Waals surface area (Å²) in [7, 11) is -1.91. The molecule has 1 heterocycles. The summed E-state index contributed by atoms with van der Waals surface area (Å²) in [5.74, 6) is 1.17. The van der Waals surface area contributed by atoms with Gasteiger partial charge in [0.25, 0.3) is 0 Å². The maximum absolute atomic E-state index is 12.6. The zero-order valence-corrected chi connectivity index (χ0v) is 13.4. The molecule has 0 aliphatic carbocycles. The van der Waals surface area contributed by atoms with Crippen LogP contribution in [-0.4, -0.2) is 49.3 Å². The standard InChI is InChI=1S/C12H21N3O2S2/c1-5-13-12-11(7-6-8-14-12)19(16,17)15(3)10(2)9-18-4/h6-8,10H,5,9H2,1-4H3,(H,13,14). The molecule has 0 spiro atoms. The number of rotatable bonds is 7. The molecule has 0 bridgehead atoms. The Morgan fingerprint density at radius 2 is 2.21 bits per heavy atom. The van der Waals surface area contributed by atoms with Crippen molar-refractivity contribution in [1.82, 2.24) is 9.29 Å². The van der Waals surface area contributed by atoms with E-state index in [2.05, 4.69) is 10.3 Å². The van der Waals surface area contributed by atoms with Crippen LogP contribution in [0.15, 0.2) is 23.2 Å². The molecule has 1 unspecified atom stereocenters. The molecule has 1 aromatic rings. The zero-order valence-electron chi connectivity index (χ0n) is 11.8. The van der Waals surface area contributed by atoms with Crippen LogP contribution in [0.5, 0.6) is 0 Å². The first kappa shape index (κ1) is 16.3. The largest absolute Gasteiger partial charge is 0.369 e. The van der Waals surface area contributed by atoms with Crippen molar-refractivity contribution < 1.29 is 8.42 Å². The van der Waals surface area contributed by atoms with Gasteiger partial charge in [-0.15, -0.1) is 0 Å². The Labute approximate surface area is 119 Å². The number of sulfonamides is 1. The van der Waals surface area contributed by atoms with Crippen molar-refractivity contribution >= 4 is 27.6 Å². The minimum Gasteiger partial charge on any atom is -0.369 e. The molecular formula is C12H21N3O2S2. The number of hydrogen-bond donors (Lipinski definition) is 1. The number of nitrogens with one attached hydrogen (secondary N) is 1. The fourth-order valence-electron chi connectivity index (χ4n) is 1.64. The molecule has 7 heteroatoms. The van der Waals surface area contributed by atoms with Crippen LogP contribution in [0.25, 0.3) is 0 Å². The van der Waals surface area contributed by atoms with E-state index in [1.54, 1.807) is 37.1 Å². The zero-order chi connectivity index (χ0) is 14.5. The Morgan fingerprint density at radius 1 is 1.53 bits per heavy atom. The van der Waals surface area contributed by atoms with E-state index in [-0.39, 0.29) is 10.9 Å². The minimum absolute atomic E-state index is 0.0605. The highest BCUT2D eigenvalue weighted by molar-refractivity contribution is 7.98. The molecular weight excluding hydrogens is 282 g/mol. The third kappa shape index (κ3) is 3.84. The first-order chi connectivity index (χ1) is 8.95. The summed E-state index contributed by atoms with van der Waals surface area (Å²) in [5, 5.41) is 2.99. The fourth-order valence-corrected chi connectivity index (χ4v) is 3.92. The van der Waals surface area contributed by atoms with E-state index in [4.69, 9.17) is 0 Å². The summed E-state index contributed by atoms with van der Waals surface area (Å²) < 4.78 is 26.6. The fraction of sp³-hybridized carbons (Fsp3) is 0.583. The lowest BCUT2D eigenvalue weighted by molar-refractivity contribution is 0.415. The number of nitrogens with zero attached hydrogens (tertiary/aromatic N) is 2. The lowest BCUT2D eigenvalue weighted by Gasteiger charge is -2.24. The number of aromatic nitrogens is 1. The second-order valence-electron chi connectivity index (χ2n) is 4.21. The van der Waals surface area contributed by atoms with Crippen LogP contribution in [0.1, 0.15) is 13.8 Å². The van der Waals surface area contributed by atoms with E-state index in [9.17, 15) is 8.42 Å². The predicted octanol–water partition coefficient (Wildman–Crippen LogP) is 1.89. The molecule has 0 aliphatic heterocycles. The molecule has 1 atom stereocenters. The molecule has 1 N–H and O–H groups in total. The Bertz CT molecular complexity index is 505. The van der Waals surface area contributed by atoms with Crippen molar-refractivity contribution in [3.63, 3.8) is 0 Å². The Morgan fingerprint density at radius 3 is 2.79 bits per heavy atom. The number of anilines is 1. The lowest BCUT2D eigenvalue weighted by atomic mass is 10.4. The molecule has 0 saturated carbocycles. The van der Waals surface area contributed by atoms with E-state index in [0.29, 0.717) is 12.4 Å². The van der Waals surface area contributed by atoms with Gasteiger partial charge in [0.2, 0.25) is 10.0 Å². The van der Waals surface area contributed by atoms with Crippen molar-refractivity contribution in [2.45, 2.75) is 24.8 Å². The van der Waals surface area contributed by atoms with Gasteiger partial charge in [0.05, 0.1) is 0 Å². The molecule has 0 aromatic carbocycles. The second-order valence-corrected chi connectivity index (χ2v) is 7.08. The monoisotopic (exact) mass is 303 g/mol. The summed E-state index contributed by atoms with van der Waals surface area (Å²) in [6.07, 6.45) is 3.55.